The van der Waals surface area contributed by atoms with Crippen LogP contribution < -0.4 is 4.90 Å². The molecule has 0 aliphatic rings. The van der Waals surface area contributed by atoms with Crippen LogP contribution in [-0.4, -0.2) is 17.0 Å². The van der Waals surface area contributed by atoms with E-state index in [4.69, 9.17) is 0 Å². The summed E-state index contributed by atoms with van der Waals surface area (Å²) in [5, 5.41) is 1.22. The average molecular weight is 973 g/mol. The van der Waals surface area contributed by atoms with E-state index in [2.05, 4.69) is 326 Å². The molecule has 0 spiro atoms. The molecule has 7 aromatic carbocycles. The summed E-state index contributed by atoms with van der Waals surface area (Å²) >= 11 is 0. The van der Waals surface area contributed by atoms with Crippen LogP contribution in [0.2, 0.25) is 0 Å². The van der Waals surface area contributed by atoms with E-state index in [1.807, 2.05) is 6.08 Å². The van der Waals surface area contributed by atoms with Gasteiger partial charge >= 0.3 is 269 Å². The van der Waals surface area contributed by atoms with Gasteiger partial charge in [-0.05, 0) is 55.0 Å². The Hall–Kier alpha value is -8.53. The summed E-state index contributed by atoms with van der Waals surface area (Å²) in [5.74, 6) is 2.37. The molecule has 3 heteroatoms. The molecule has 370 valence electrons. The first-order valence-corrected chi connectivity index (χ1v) is 26.4. The molecule has 1 atom stereocenters. The van der Waals surface area contributed by atoms with Gasteiger partial charge in [-0.2, -0.15) is 0 Å². The SMILES string of the molecule is C=C/C=C(\C=C(/C)N(c1ccc(C(=B/C=C/c2ccccc2)/C=C(C)/C=C\C)cc1)c1ccc(-c2ccc(-c3ccccc3)cc2)cc1)c1cccc2c1c(/C=C\C(C)c1ccccc1)c(CC)n2C(/C=C\C)=C/C. The van der Waals surface area contributed by atoms with Gasteiger partial charge < -0.3 is 4.57 Å². The van der Waals surface area contributed by atoms with Crippen LogP contribution in [0.15, 0.2) is 267 Å². The van der Waals surface area contributed by atoms with Crippen molar-refractivity contribution in [2.75, 3.05) is 4.90 Å². The van der Waals surface area contributed by atoms with E-state index in [9.17, 15) is 0 Å². The molecule has 8 rings (SSSR count). The second-order valence-corrected chi connectivity index (χ2v) is 18.8. The van der Waals surface area contributed by atoms with Crippen LogP contribution in [0.25, 0.3) is 56.6 Å². The fourth-order valence-electron chi connectivity index (χ4n) is 9.95. The van der Waals surface area contributed by atoms with Crippen molar-refractivity contribution in [3.63, 3.8) is 0 Å². The predicted molar refractivity (Wildman–Crippen MR) is 332 cm³/mol. The zero-order chi connectivity index (χ0) is 52.5. The van der Waals surface area contributed by atoms with E-state index in [0.717, 1.165) is 62.5 Å². The molecule has 0 aliphatic carbocycles. The Kier molecular flexibility index (Phi) is 18.2. The number of hydrogen-bond acceptors (Lipinski definition) is 1. The number of nitrogens with zero attached hydrogens (tertiary/aromatic N) is 2. The molecule has 0 radical (unpaired) electrons. The van der Waals surface area contributed by atoms with Crippen LogP contribution in [0.5, 0.6) is 0 Å². The Morgan fingerprint density at radius 3 is 1.79 bits per heavy atom. The molecule has 1 aromatic heterocycles. The van der Waals surface area contributed by atoms with Crippen molar-refractivity contribution in [3.05, 3.63) is 300 Å². The van der Waals surface area contributed by atoms with Crippen LogP contribution in [0.4, 0.5) is 11.4 Å². The number of benzene rings is 7. The fourth-order valence-corrected chi connectivity index (χ4v) is 9.95. The molecule has 0 aliphatic heterocycles. The van der Waals surface area contributed by atoms with Crippen molar-refractivity contribution in [2.45, 2.75) is 60.8 Å². The maximum atomic E-state index is 4.28. The third kappa shape index (κ3) is 12.8. The van der Waals surface area contributed by atoms with E-state index < -0.39 is 0 Å². The normalized spacial score (nSPS) is 13.4. The Balaban J connectivity index is 1.26. The smallest absolute Gasteiger partial charge is 0.313 e. The third-order valence-corrected chi connectivity index (χ3v) is 13.6. The van der Waals surface area contributed by atoms with E-state index in [1.54, 1.807) is 0 Å². The van der Waals surface area contributed by atoms with Crippen molar-refractivity contribution in [1.82, 2.24) is 4.57 Å². The van der Waals surface area contributed by atoms with Crippen LogP contribution in [0, 0.1) is 0 Å². The zero-order valence-corrected chi connectivity index (χ0v) is 44.8. The van der Waals surface area contributed by atoms with Crippen molar-refractivity contribution in [3.8, 4) is 22.3 Å². The van der Waals surface area contributed by atoms with E-state index in [-0.39, 0.29) is 5.92 Å². The third-order valence-electron chi connectivity index (χ3n) is 13.6. The standard InChI is InChI=1S/C72H69BN2/c1-9-24-53(6)51-69(73-50-49-56-27-17-14-18-28-56)62-42-46-66(47-43-62)74(65-44-40-61(41-45-65)60-38-36-59(37-39-60)58-31-21-16-22-32-58)55(8)52-63(25-10-2)67-33-23-34-71-72(67)68(48-35-54(7)57-29-19-15-20-30-57)70(13-5)75(71)64(12-4)26-11-3/h9-12,14-52,54H,2,13H2,1,3-8H3/b24-9-,26-11-,48-35-,50-49+,53-51+,55-52+,63-25+,64-12+. The minimum absolute atomic E-state index is 0.231. The van der Waals surface area contributed by atoms with Gasteiger partial charge in [-0.3, -0.25) is 0 Å². The molecule has 0 saturated carbocycles. The molecule has 0 bridgehead atoms. The molecule has 0 amide bonds. The first kappa shape index (κ1) is 52.8. The van der Waals surface area contributed by atoms with E-state index >= 15 is 0 Å². The van der Waals surface area contributed by atoms with Gasteiger partial charge in [0.05, 0.1) is 0 Å². The fraction of sp³-hybridized carbons (Fsp3) is 0.125. The van der Waals surface area contributed by atoms with Crippen LogP contribution in [0.3, 0.4) is 0 Å². The molecule has 1 heterocycles. The quantitative estimate of drug-likeness (QED) is 0.0579. The van der Waals surface area contributed by atoms with Crippen LogP contribution in [0.1, 0.15) is 87.9 Å². The second kappa shape index (κ2) is 25.9. The summed E-state index contributed by atoms with van der Waals surface area (Å²) in [5.41, 5.74) is 20.9. The van der Waals surface area contributed by atoms with Gasteiger partial charge in [0.15, 0.2) is 0 Å². The van der Waals surface area contributed by atoms with Gasteiger partial charge in [-0.25, -0.2) is 0 Å². The maximum absolute atomic E-state index is 4.28. The van der Waals surface area contributed by atoms with Gasteiger partial charge in [0.2, 0.25) is 0 Å². The predicted octanol–water partition coefficient (Wildman–Crippen LogP) is 19.5. The van der Waals surface area contributed by atoms with Crippen molar-refractivity contribution in [2.24, 2.45) is 0 Å². The Labute approximate surface area is 448 Å². The number of aromatic nitrogens is 1. The molecule has 8 aromatic rings. The molecule has 2 nitrogen and oxygen atoms in total. The van der Waals surface area contributed by atoms with Crippen molar-refractivity contribution in [1.29, 1.82) is 0 Å². The number of rotatable bonds is 19. The summed E-state index contributed by atoms with van der Waals surface area (Å²) in [4.78, 5) is 2.37. The van der Waals surface area contributed by atoms with E-state index in [0.29, 0.717) is 0 Å². The van der Waals surface area contributed by atoms with Crippen molar-refractivity contribution >= 4 is 58.1 Å². The molecule has 1 unspecified atom stereocenters. The number of hydrogen-bond donors (Lipinski definition) is 0. The van der Waals surface area contributed by atoms with Gasteiger partial charge in [0.1, 0.15) is 0 Å². The summed E-state index contributed by atoms with van der Waals surface area (Å²) in [6.45, 7) is 21.7. The summed E-state index contributed by atoms with van der Waals surface area (Å²) in [6.07, 6.45) is 27.2. The van der Waals surface area contributed by atoms with Gasteiger partial charge in [-0.15, -0.1) is 0 Å². The monoisotopic (exact) mass is 973 g/mol. The molecule has 0 saturated heterocycles. The van der Waals surface area contributed by atoms with Gasteiger partial charge in [-0.1, -0.05) is 111 Å². The van der Waals surface area contributed by atoms with Crippen molar-refractivity contribution < 1.29 is 0 Å². The number of allylic oxidation sites excluding steroid dienone is 14. The van der Waals surface area contributed by atoms with E-state index in [1.165, 1.54) is 50.0 Å². The minimum atomic E-state index is 0.231. The summed E-state index contributed by atoms with van der Waals surface area (Å²) < 4.78 is 2.45. The number of anilines is 2. The van der Waals surface area contributed by atoms with Crippen LogP contribution >= 0.6 is 0 Å². The van der Waals surface area contributed by atoms with Gasteiger partial charge in [0.25, 0.3) is 0 Å². The Bertz CT molecular complexity index is 3480. The molecular weight excluding hydrogens is 904 g/mol. The summed E-state index contributed by atoms with van der Waals surface area (Å²) in [7, 11) is 0. The Morgan fingerprint density at radius 2 is 1.20 bits per heavy atom. The topological polar surface area (TPSA) is 8.17 Å². The second-order valence-electron chi connectivity index (χ2n) is 18.8. The Morgan fingerprint density at radius 1 is 0.627 bits per heavy atom. The van der Waals surface area contributed by atoms with Crippen LogP contribution in [-0.2, 0) is 6.42 Å². The zero-order valence-electron chi connectivity index (χ0n) is 44.8. The first-order valence-electron chi connectivity index (χ1n) is 26.4. The first-order chi connectivity index (χ1) is 36.7. The number of fused-ring (bicyclic) bond motifs is 1. The molecule has 0 N–H and O–H groups in total. The van der Waals surface area contributed by atoms with Gasteiger partial charge in [0, 0.05) is 11.4 Å². The average Bonchev–Trinajstić information content (AvgIpc) is 3.78. The molecule has 0 fully saturated rings. The molecular formula is C72H69BN2. The minimum Gasteiger partial charge on any atom is -0.313 e. The summed E-state index contributed by atoms with van der Waals surface area (Å²) in [6, 6.07) is 65.3. The molecule has 75 heavy (non-hydrogen) atoms.